The summed E-state index contributed by atoms with van der Waals surface area (Å²) in [4.78, 5) is 46.4. The molecule has 0 radical (unpaired) electrons. The molecule has 9 heteroatoms. The van der Waals surface area contributed by atoms with Crippen LogP contribution in [0, 0.1) is 5.41 Å². The summed E-state index contributed by atoms with van der Waals surface area (Å²) in [5.41, 5.74) is 1.42. The van der Waals surface area contributed by atoms with Gasteiger partial charge in [-0.15, -0.1) is 0 Å². The van der Waals surface area contributed by atoms with Crippen molar-refractivity contribution in [2.75, 3.05) is 50.8 Å². The van der Waals surface area contributed by atoms with E-state index >= 15 is 0 Å². The van der Waals surface area contributed by atoms with Gasteiger partial charge in [-0.25, -0.2) is 0 Å². The summed E-state index contributed by atoms with van der Waals surface area (Å²) in [5.74, 6) is -0.652. The lowest BCUT2D eigenvalue weighted by atomic mass is 9.87. The lowest BCUT2D eigenvalue weighted by Crippen LogP contribution is -2.53. The van der Waals surface area contributed by atoms with Crippen LogP contribution in [0.4, 0.5) is 5.69 Å². The summed E-state index contributed by atoms with van der Waals surface area (Å²) in [6.45, 7) is 12.9. The Morgan fingerprint density at radius 1 is 1.10 bits per heavy atom. The summed E-state index contributed by atoms with van der Waals surface area (Å²) < 4.78 is 11.5. The molecule has 1 N–H and O–H groups in total. The Morgan fingerprint density at radius 2 is 1.79 bits per heavy atom. The molecule has 1 saturated carbocycles. The standard InChI is InChI=1S/C30H44N4O5/c1-5-38-25-18-34(26-24(35)19-39-27(25)26)29(37)23(17-30(2,3)4)31-28(36)20-9-11-22(12-10-20)33-15-13-32(14-16-33)21-7-6-8-21/h9-12,21,23,25-27H,5-8,13-19H2,1-4H3,(H,31,36)/t23?,25-,26+,27+/m0/s1. The van der Waals surface area contributed by atoms with Crippen molar-refractivity contribution in [1.82, 2.24) is 15.1 Å². The van der Waals surface area contributed by atoms with Crippen molar-refractivity contribution in [3.05, 3.63) is 29.8 Å². The fourth-order valence-electron chi connectivity index (χ4n) is 6.37. The number of nitrogens with one attached hydrogen (secondary N) is 1. The maximum Gasteiger partial charge on any atom is 0.251 e. The zero-order valence-corrected chi connectivity index (χ0v) is 23.9. The first-order valence-corrected chi connectivity index (χ1v) is 14.6. The van der Waals surface area contributed by atoms with Crippen LogP contribution in [0.25, 0.3) is 0 Å². The largest absolute Gasteiger partial charge is 0.374 e. The molecular weight excluding hydrogens is 496 g/mol. The van der Waals surface area contributed by atoms with Gasteiger partial charge in [0.05, 0.1) is 6.54 Å². The second-order valence-corrected chi connectivity index (χ2v) is 12.6. The van der Waals surface area contributed by atoms with Crippen molar-refractivity contribution in [1.29, 1.82) is 0 Å². The SMILES string of the molecule is CCO[C@H]1CN(C(=O)C(CC(C)(C)C)NC(=O)c2ccc(N3CCN(C4CCC4)CC3)cc2)[C@@H]2C(=O)CO[C@H]12. The van der Waals surface area contributed by atoms with E-state index in [0.29, 0.717) is 18.6 Å². The number of Topliss-reactive ketones (excluding diaryl/α,β-unsaturated/α-hetero) is 1. The summed E-state index contributed by atoms with van der Waals surface area (Å²) in [5, 5.41) is 2.99. The Morgan fingerprint density at radius 3 is 2.38 bits per heavy atom. The fourth-order valence-corrected chi connectivity index (χ4v) is 6.37. The second kappa shape index (κ2) is 11.6. The number of carbonyl (C=O) groups is 3. The third kappa shape index (κ3) is 6.15. The first-order valence-electron chi connectivity index (χ1n) is 14.6. The molecule has 214 valence electrons. The van der Waals surface area contributed by atoms with E-state index in [1.54, 1.807) is 4.90 Å². The molecule has 1 aromatic rings. The number of ketones is 1. The molecule has 3 aliphatic heterocycles. The monoisotopic (exact) mass is 540 g/mol. The lowest BCUT2D eigenvalue weighted by Gasteiger charge is -2.43. The molecule has 0 aromatic heterocycles. The molecule has 4 fully saturated rings. The number of carbonyl (C=O) groups excluding carboxylic acids is 3. The van der Waals surface area contributed by atoms with Crippen molar-refractivity contribution in [3.8, 4) is 0 Å². The Bertz CT molecular complexity index is 1040. The smallest absolute Gasteiger partial charge is 0.251 e. The van der Waals surface area contributed by atoms with E-state index in [0.717, 1.165) is 37.9 Å². The normalized spacial score (nSPS) is 26.9. The summed E-state index contributed by atoms with van der Waals surface area (Å²) >= 11 is 0. The molecule has 1 aromatic carbocycles. The quantitative estimate of drug-likeness (QED) is 0.542. The minimum Gasteiger partial charge on any atom is -0.374 e. The van der Waals surface area contributed by atoms with Gasteiger partial charge >= 0.3 is 0 Å². The van der Waals surface area contributed by atoms with E-state index in [1.807, 2.05) is 52.0 Å². The van der Waals surface area contributed by atoms with Crippen LogP contribution in [0.2, 0.25) is 0 Å². The molecule has 1 aliphatic carbocycles. The molecular formula is C30H44N4O5. The number of hydrogen-bond acceptors (Lipinski definition) is 7. The molecule has 39 heavy (non-hydrogen) atoms. The van der Waals surface area contributed by atoms with Gasteiger partial charge in [0.1, 0.15) is 30.9 Å². The van der Waals surface area contributed by atoms with Crippen molar-refractivity contribution in [2.45, 2.75) is 83.7 Å². The summed E-state index contributed by atoms with van der Waals surface area (Å²) in [6, 6.07) is 7.04. The summed E-state index contributed by atoms with van der Waals surface area (Å²) in [7, 11) is 0. The third-order valence-electron chi connectivity index (χ3n) is 8.62. The molecule has 3 saturated heterocycles. The average molecular weight is 541 g/mol. The van der Waals surface area contributed by atoms with Crippen LogP contribution in [-0.4, -0.2) is 104 Å². The number of piperazine rings is 1. The lowest BCUT2D eigenvalue weighted by molar-refractivity contribution is -0.139. The number of ether oxygens (including phenoxy) is 2. The number of anilines is 1. The van der Waals surface area contributed by atoms with Gasteiger partial charge in [0.25, 0.3) is 5.91 Å². The number of nitrogens with zero attached hydrogens (tertiary/aromatic N) is 3. The number of rotatable bonds is 8. The van der Waals surface area contributed by atoms with Gasteiger partial charge in [0.2, 0.25) is 5.91 Å². The van der Waals surface area contributed by atoms with Crippen LogP contribution in [0.15, 0.2) is 24.3 Å². The molecule has 0 spiro atoms. The van der Waals surface area contributed by atoms with Crippen molar-refractivity contribution in [3.63, 3.8) is 0 Å². The number of hydrogen-bond donors (Lipinski definition) is 1. The molecule has 0 bridgehead atoms. The zero-order valence-electron chi connectivity index (χ0n) is 23.9. The van der Waals surface area contributed by atoms with Gasteiger partial charge in [0.15, 0.2) is 5.78 Å². The van der Waals surface area contributed by atoms with E-state index in [-0.39, 0.29) is 42.3 Å². The maximum atomic E-state index is 13.8. The van der Waals surface area contributed by atoms with Gasteiger partial charge in [-0.05, 0) is 55.9 Å². The van der Waals surface area contributed by atoms with Crippen LogP contribution in [0.5, 0.6) is 0 Å². The van der Waals surface area contributed by atoms with Gasteiger partial charge in [-0.1, -0.05) is 27.2 Å². The predicted molar refractivity (Wildman–Crippen MR) is 149 cm³/mol. The highest BCUT2D eigenvalue weighted by atomic mass is 16.6. The second-order valence-electron chi connectivity index (χ2n) is 12.6. The molecule has 4 atom stereocenters. The Kier molecular flexibility index (Phi) is 8.31. The molecule has 4 aliphatic rings. The van der Waals surface area contributed by atoms with Gasteiger partial charge < -0.3 is 24.6 Å². The highest BCUT2D eigenvalue weighted by Crippen LogP contribution is 2.32. The highest BCUT2D eigenvalue weighted by molar-refractivity contribution is 5.99. The van der Waals surface area contributed by atoms with E-state index in [2.05, 4.69) is 15.1 Å². The van der Waals surface area contributed by atoms with Crippen molar-refractivity contribution in [2.24, 2.45) is 5.41 Å². The Hall–Kier alpha value is -2.49. The minimum absolute atomic E-state index is 0.0129. The van der Waals surface area contributed by atoms with Crippen LogP contribution in [-0.2, 0) is 19.1 Å². The van der Waals surface area contributed by atoms with E-state index in [4.69, 9.17) is 9.47 Å². The topological polar surface area (TPSA) is 91.4 Å². The predicted octanol–water partition coefficient (Wildman–Crippen LogP) is 2.48. The van der Waals surface area contributed by atoms with Gasteiger partial charge in [-0.3, -0.25) is 19.3 Å². The molecule has 1 unspecified atom stereocenters. The average Bonchev–Trinajstić information content (AvgIpc) is 3.43. The molecule has 9 nitrogen and oxygen atoms in total. The molecule has 2 amide bonds. The fraction of sp³-hybridized carbons (Fsp3) is 0.700. The van der Waals surface area contributed by atoms with Crippen molar-refractivity contribution < 1.29 is 23.9 Å². The van der Waals surface area contributed by atoms with Gasteiger partial charge in [-0.2, -0.15) is 0 Å². The molecule has 3 heterocycles. The number of benzene rings is 1. The van der Waals surface area contributed by atoms with E-state index in [9.17, 15) is 14.4 Å². The van der Waals surface area contributed by atoms with Gasteiger partial charge in [0, 0.05) is 50.1 Å². The van der Waals surface area contributed by atoms with Crippen LogP contribution >= 0.6 is 0 Å². The van der Waals surface area contributed by atoms with E-state index < -0.39 is 18.2 Å². The number of fused-ring (bicyclic) bond motifs is 1. The first-order chi connectivity index (χ1) is 18.6. The third-order valence-corrected chi connectivity index (χ3v) is 8.62. The minimum atomic E-state index is -0.758. The number of likely N-dealkylation sites (tertiary alicyclic amines) is 1. The zero-order chi connectivity index (χ0) is 27.7. The summed E-state index contributed by atoms with van der Waals surface area (Å²) in [6.07, 6.45) is 3.68. The Labute approximate surface area is 232 Å². The van der Waals surface area contributed by atoms with E-state index in [1.165, 1.54) is 19.3 Å². The Balaban J connectivity index is 1.24. The number of amides is 2. The first kappa shape index (κ1) is 28.1. The van der Waals surface area contributed by atoms with Crippen molar-refractivity contribution >= 4 is 23.3 Å². The molecule has 5 rings (SSSR count). The van der Waals surface area contributed by atoms with Crippen LogP contribution < -0.4 is 10.2 Å². The highest BCUT2D eigenvalue weighted by Gasteiger charge is 2.53. The van der Waals surface area contributed by atoms with Crippen LogP contribution in [0.1, 0.15) is 63.7 Å². The van der Waals surface area contributed by atoms with Crippen LogP contribution in [0.3, 0.4) is 0 Å². The maximum absolute atomic E-state index is 13.8.